The van der Waals surface area contributed by atoms with Gasteiger partial charge in [0.25, 0.3) is 0 Å². The topological polar surface area (TPSA) is 43.4 Å². The van der Waals surface area contributed by atoms with E-state index in [9.17, 15) is 0 Å². The number of rotatable bonds is 7. The van der Waals surface area contributed by atoms with Gasteiger partial charge in [0, 0.05) is 23.7 Å². The Morgan fingerprint density at radius 3 is 2.62 bits per heavy atom. The Kier molecular flexibility index (Phi) is 5.61. The molecule has 0 saturated heterocycles. The molecule has 0 fully saturated rings. The second-order valence-electron chi connectivity index (χ2n) is 6.45. The third-order valence-electron chi connectivity index (χ3n) is 4.32. The minimum atomic E-state index is 0.204. The number of nitrogens with one attached hydrogen (secondary N) is 1. The summed E-state index contributed by atoms with van der Waals surface area (Å²) in [4.78, 5) is 4.62. The van der Waals surface area contributed by atoms with E-state index in [2.05, 4.69) is 37.1 Å². The fourth-order valence-electron chi connectivity index (χ4n) is 2.72. The van der Waals surface area contributed by atoms with E-state index in [-0.39, 0.29) is 6.10 Å². The minimum Gasteiger partial charge on any atom is -0.491 e. The molecule has 0 spiro atoms. The van der Waals surface area contributed by atoms with E-state index >= 15 is 0 Å². The van der Waals surface area contributed by atoms with Crippen molar-refractivity contribution in [2.75, 3.05) is 11.9 Å². The van der Waals surface area contributed by atoms with Gasteiger partial charge >= 0.3 is 0 Å². The van der Waals surface area contributed by atoms with Crippen molar-refractivity contribution in [3.8, 4) is 17.4 Å². The predicted molar refractivity (Wildman–Crippen MR) is 108 cm³/mol. The number of pyridine rings is 1. The van der Waals surface area contributed by atoms with Gasteiger partial charge in [-0.1, -0.05) is 6.92 Å². The monoisotopic (exact) mass is 350 g/mol. The van der Waals surface area contributed by atoms with Gasteiger partial charge < -0.3 is 14.8 Å². The number of aromatic nitrogens is 1. The van der Waals surface area contributed by atoms with Gasteiger partial charge in [-0.3, -0.25) is 0 Å². The third-order valence-corrected chi connectivity index (χ3v) is 4.32. The van der Waals surface area contributed by atoms with Gasteiger partial charge in [-0.2, -0.15) is 0 Å². The molecule has 0 amide bonds. The second kappa shape index (κ2) is 8.09. The highest BCUT2D eigenvalue weighted by Gasteiger charge is 2.08. The van der Waals surface area contributed by atoms with Gasteiger partial charge in [0.15, 0.2) is 0 Å². The highest BCUT2D eigenvalue weighted by atomic mass is 16.5. The zero-order valence-electron chi connectivity index (χ0n) is 15.9. The summed E-state index contributed by atoms with van der Waals surface area (Å²) in [6.07, 6.45) is 1.18. The fraction of sp³-hybridized carbons (Fsp3) is 0.318. The van der Waals surface area contributed by atoms with E-state index in [1.165, 1.54) is 0 Å². The van der Waals surface area contributed by atoms with Crippen LogP contribution in [-0.2, 0) is 0 Å². The first-order valence-corrected chi connectivity index (χ1v) is 9.19. The van der Waals surface area contributed by atoms with Crippen LogP contribution in [0.3, 0.4) is 0 Å². The summed E-state index contributed by atoms with van der Waals surface area (Å²) in [5.41, 5.74) is 3.04. The summed E-state index contributed by atoms with van der Waals surface area (Å²) < 4.78 is 11.9. The Bertz CT molecular complexity index is 892. The van der Waals surface area contributed by atoms with E-state index in [0.29, 0.717) is 5.88 Å². The molecule has 1 N–H and O–H groups in total. The van der Waals surface area contributed by atoms with Gasteiger partial charge in [0.05, 0.1) is 11.6 Å². The fourth-order valence-corrected chi connectivity index (χ4v) is 2.72. The van der Waals surface area contributed by atoms with Crippen molar-refractivity contribution in [1.82, 2.24) is 4.98 Å². The molecule has 0 radical (unpaired) electrons. The normalized spacial score (nSPS) is 12.0. The Labute approximate surface area is 155 Å². The second-order valence-corrected chi connectivity index (χ2v) is 6.45. The van der Waals surface area contributed by atoms with Crippen LogP contribution in [0.2, 0.25) is 0 Å². The molecular weight excluding hydrogens is 324 g/mol. The third kappa shape index (κ3) is 4.26. The van der Waals surface area contributed by atoms with Gasteiger partial charge in [-0.05, 0) is 75.2 Å². The van der Waals surface area contributed by atoms with E-state index < -0.39 is 0 Å². The van der Waals surface area contributed by atoms with Gasteiger partial charge in [0.1, 0.15) is 11.5 Å². The summed E-state index contributed by atoms with van der Waals surface area (Å²) in [5, 5.41) is 4.40. The first-order valence-electron chi connectivity index (χ1n) is 9.19. The summed E-state index contributed by atoms with van der Waals surface area (Å²) in [7, 11) is 0. The number of hydrogen-bond donors (Lipinski definition) is 1. The number of benzene rings is 2. The van der Waals surface area contributed by atoms with Crippen LogP contribution in [0.4, 0.5) is 5.69 Å². The molecule has 4 nitrogen and oxygen atoms in total. The lowest BCUT2D eigenvalue weighted by molar-refractivity contribution is 0.217. The molecule has 1 aromatic heterocycles. The van der Waals surface area contributed by atoms with Gasteiger partial charge in [-0.15, -0.1) is 0 Å². The summed E-state index contributed by atoms with van der Waals surface area (Å²) in [5.74, 6) is 2.25. The molecule has 0 aliphatic heterocycles. The standard InChI is InChI=1S/C22H26N2O2/c1-5-16(4)25-19-9-11-21(15(3)13-19)26-22-12-7-17-14-18(23-6-2)8-10-20(17)24-22/h7-14,16,23H,5-6H2,1-4H3. The molecule has 0 aliphatic carbocycles. The molecule has 0 saturated carbocycles. The van der Waals surface area contributed by atoms with E-state index in [1.807, 2.05) is 49.4 Å². The average molecular weight is 350 g/mol. The molecule has 1 heterocycles. The average Bonchev–Trinajstić information content (AvgIpc) is 2.64. The molecule has 0 aliphatic rings. The van der Waals surface area contributed by atoms with Crippen molar-refractivity contribution in [2.45, 2.75) is 40.2 Å². The molecule has 0 bridgehead atoms. The SMILES string of the molecule is CCNc1ccc2nc(Oc3ccc(OC(C)CC)cc3C)ccc2c1. The lowest BCUT2D eigenvalue weighted by Gasteiger charge is -2.14. The van der Waals surface area contributed by atoms with E-state index in [0.717, 1.165) is 46.6 Å². The number of fused-ring (bicyclic) bond motifs is 1. The van der Waals surface area contributed by atoms with Crippen LogP contribution < -0.4 is 14.8 Å². The van der Waals surface area contributed by atoms with Crippen molar-refractivity contribution in [3.05, 3.63) is 54.1 Å². The lowest BCUT2D eigenvalue weighted by Crippen LogP contribution is -2.09. The number of anilines is 1. The molecule has 2 aromatic carbocycles. The predicted octanol–water partition coefficient (Wildman–Crippen LogP) is 5.94. The maximum Gasteiger partial charge on any atom is 0.219 e. The molecular formula is C22H26N2O2. The molecule has 1 atom stereocenters. The van der Waals surface area contributed by atoms with Crippen molar-refractivity contribution in [3.63, 3.8) is 0 Å². The summed E-state index contributed by atoms with van der Waals surface area (Å²) in [6.45, 7) is 9.18. The molecule has 136 valence electrons. The van der Waals surface area contributed by atoms with Crippen LogP contribution in [0.1, 0.15) is 32.8 Å². The maximum atomic E-state index is 6.00. The van der Waals surface area contributed by atoms with Gasteiger partial charge in [0.2, 0.25) is 5.88 Å². The highest BCUT2D eigenvalue weighted by molar-refractivity contribution is 5.82. The van der Waals surface area contributed by atoms with Crippen LogP contribution in [0, 0.1) is 6.92 Å². The number of hydrogen-bond acceptors (Lipinski definition) is 4. The number of ether oxygens (including phenoxy) is 2. The Morgan fingerprint density at radius 1 is 1.04 bits per heavy atom. The Morgan fingerprint density at radius 2 is 1.88 bits per heavy atom. The quantitative estimate of drug-likeness (QED) is 0.572. The Balaban J connectivity index is 1.78. The largest absolute Gasteiger partial charge is 0.491 e. The molecule has 1 unspecified atom stereocenters. The van der Waals surface area contributed by atoms with E-state index in [1.54, 1.807) is 0 Å². The molecule has 3 aromatic rings. The van der Waals surface area contributed by atoms with Crippen LogP contribution in [0.5, 0.6) is 17.4 Å². The van der Waals surface area contributed by atoms with Crippen molar-refractivity contribution < 1.29 is 9.47 Å². The highest BCUT2D eigenvalue weighted by Crippen LogP contribution is 2.29. The van der Waals surface area contributed by atoms with E-state index in [4.69, 9.17) is 9.47 Å². The van der Waals surface area contributed by atoms with Gasteiger partial charge in [-0.25, -0.2) is 4.98 Å². The zero-order chi connectivity index (χ0) is 18.5. The molecule has 4 heteroatoms. The van der Waals surface area contributed by atoms with Crippen LogP contribution in [0.15, 0.2) is 48.5 Å². The summed E-state index contributed by atoms with van der Waals surface area (Å²) >= 11 is 0. The molecule has 3 rings (SSSR count). The first-order chi connectivity index (χ1) is 12.6. The van der Waals surface area contributed by atoms with Crippen LogP contribution >= 0.6 is 0 Å². The van der Waals surface area contributed by atoms with Crippen molar-refractivity contribution >= 4 is 16.6 Å². The molecule has 26 heavy (non-hydrogen) atoms. The smallest absolute Gasteiger partial charge is 0.219 e. The first kappa shape index (κ1) is 18.1. The van der Waals surface area contributed by atoms with Crippen LogP contribution in [-0.4, -0.2) is 17.6 Å². The lowest BCUT2D eigenvalue weighted by atomic mass is 10.2. The minimum absolute atomic E-state index is 0.204. The maximum absolute atomic E-state index is 6.00. The van der Waals surface area contributed by atoms with Crippen molar-refractivity contribution in [1.29, 1.82) is 0 Å². The summed E-state index contributed by atoms with van der Waals surface area (Å²) in [6, 6.07) is 16.0. The zero-order valence-corrected chi connectivity index (χ0v) is 15.9. The van der Waals surface area contributed by atoms with Crippen LogP contribution in [0.25, 0.3) is 10.9 Å². The Hall–Kier alpha value is -2.75. The number of aryl methyl sites for hydroxylation is 1. The van der Waals surface area contributed by atoms with Crippen molar-refractivity contribution in [2.24, 2.45) is 0 Å². The number of nitrogens with zero attached hydrogens (tertiary/aromatic N) is 1.